The lowest BCUT2D eigenvalue weighted by Gasteiger charge is -2.13. The SMILES string of the molecule is Cc1cccc(C)c1NS(=O)(=O)c1cc(C(=O)N2CCCC2)cs1. The Labute approximate surface area is 146 Å². The van der Waals surface area contributed by atoms with Crippen LogP contribution in [0.5, 0.6) is 0 Å². The summed E-state index contributed by atoms with van der Waals surface area (Å²) in [5, 5.41) is 1.62. The first-order valence-corrected chi connectivity index (χ1v) is 10.2. The summed E-state index contributed by atoms with van der Waals surface area (Å²) in [5.74, 6) is -0.0859. The number of hydrogen-bond donors (Lipinski definition) is 1. The summed E-state index contributed by atoms with van der Waals surface area (Å²) in [7, 11) is -3.70. The first-order valence-electron chi connectivity index (χ1n) is 7.85. The van der Waals surface area contributed by atoms with Crippen molar-refractivity contribution in [2.24, 2.45) is 0 Å². The van der Waals surface area contributed by atoms with Crippen LogP contribution in [0.4, 0.5) is 5.69 Å². The number of amides is 1. The van der Waals surface area contributed by atoms with Crippen LogP contribution in [0.3, 0.4) is 0 Å². The van der Waals surface area contributed by atoms with Gasteiger partial charge in [0.05, 0.1) is 11.3 Å². The van der Waals surface area contributed by atoms with Crippen molar-refractivity contribution in [3.63, 3.8) is 0 Å². The summed E-state index contributed by atoms with van der Waals surface area (Å²) in [6.07, 6.45) is 2.02. The highest BCUT2D eigenvalue weighted by atomic mass is 32.2. The minimum atomic E-state index is -3.70. The summed E-state index contributed by atoms with van der Waals surface area (Å²) in [6.45, 7) is 5.22. The van der Waals surface area contributed by atoms with Crippen molar-refractivity contribution in [1.82, 2.24) is 4.90 Å². The summed E-state index contributed by atoms with van der Waals surface area (Å²) in [6, 6.07) is 7.09. The van der Waals surface area contributed by atoms with E-state index < -0.39 is 10.0 Å². The highest BCUT2D eigenvalue weighted by Crippen LogP contribution is 2.27. The molecule has 1 fully saturated rings. The molecule has 2 heterocycles. The third-order valence-corrected chi connectivity index (χ3v) is 6.99. The number of benzene rings is 1. The van der Waals surface area contributed by atoms with Crippen LogP contribution in [-0.2, 0) is 10.0 Å². The second kappa shape index (κ2) is 6.57. The van der Waals surface area contributed by atoms with Crippen LogP contribution in [-0.4, -0.2) is 32.3 Å². The molecule has 128 valence electrons. The van der Waals surface area contributed by atoms with Crippen molar-refractivity contribution < 1.29 is 13.2 Å². The third kappa shape index (κ3) is 3.32. The van der Waals surface area contributed by atoms with Crippen LogP contribution in [0.15, 0.2) is 33.9 Å². The molecule has 0 saturated carbocycles. The van der Waals surface area contributed by atoms with Gasteiger partial charge in [0.2, 0.25) is 0 Å². The molecule has 1 amide bonds. The number of likely N-dealkylation sites (tertiary alicyclic amines) is 1. The fraction of sp³-hybridized carbons (Fsp3) is 0.353. The fourth-order valence-corrected chi connectivity index (χ4v) is 5.19. The van der Waals surface area contributed by atoms with Crippen molar-refractivity contribution in [2.45, 2.75) is 30.9 Å². The van der Waals surface area contributed by atoms with Crippen LogP contribution in [0, 0.1) is 13.8 Å². The zero-order chi connectivity index (χ0) is 17.3. The predicted molar refractivity (Wildman–Crippen MR) is 96.2 cm³/mol. The molecule has 0 spiro atoms. The molecule has 7 heteroatoms. The molecular weight excluding hydrogens is 344 g/mol. The quantitative estimate of drug-likeness (QED) is 0.904. The zero-order valence-electron chi connectivity index (χ0n) is 13.7. The van der Waals surface area contributed by atoms with Gasteiger partial charge in [0.1, 0.15) is 4.21 Å². The first-order chi connectivity index (χ1) is 11.4. The van der Waals surface area contributed by atoms with Gasteiger partial charge in [0, 0.05) is 18.5 Å². The maximum absolute atomic E-state index is 12.6. The van der Waals surface area contributed by atoms with Crippen LogP contribution in [0.25, 0.3) is 0 Å². The minimum Gasteiger partial charge on any atom is -0.339 e. The van der Waals surface area contributed by atoms with Crippen molar-refractivity contribution in [3.05, 3.63) is 46.3 Å². The Morgan fingerprint density at radius 2 is 1.79 bits per heavy atom. The maximum atomic E-state index is 12.6. The second-order valence-electron chi connectivity index (χ2n) is 6.03. The van der Waals surface area contributed by atoms with Crippen molar-refractivity contribution in [3.8, 4) is 0 Å². The van der Waals surface area contributed by atoms with Crippen molar-refractivity contribution in [1.29, 1.82) is 0 Å². The molecule has 24 heavy (non-hydrogen) atoms. The van der Waals surface area contributed by atoms with Gasteiger partial charge in [-0.3, -0.25) is 9.52 Å². The maximum Gasteiger partial charge on any atom is 0.271 e. The molecule has 2 aromatic rings. The number of carbonyl (C=O) groups excluding carboxylic acids is 1. The zero-order valence-corrected chi connectivity index (χ0v) is 15.3. The Bertz CT molecular complexity index is 845. The molecule has 1 aliphatic rings. The highest BCUT2D eigenvalue weighted by molar-refractivity contribution is 7.94. The number of sulfonamides is 1. The van der Waals surface area contributed by atoms with Gasteiger partial charge in [0.25, 0.3) is 15.9 Å². The Morgan fingerprint density at radius 1 is 1.17 bits per heavy atom. The Balaban J connectivity index is 1.84. The molecule has 5 nitrogen and oxygen atoms in total. The number of rotatable bonds is 4. The molecule has 0 aliphatic carbocycles. The predicted octanol–water partition coefficient (Wildman–Crippen LogP) is 3.40. The van der Waals surface area contributed by atoms with Crippen LogP contribution >= 0.6 is 11.3 Å². The second-order valence-corrected chi connectivity index (χ2v) is 8.85. The van der Waals surface area contributed by atoms with Gasteiger partial charge >= 0.3 is 0 Å². The molecule has 1 aromatic carbocycles. The lowest BCUT2D eigenvalue weighted by atomic mass is 10.1. The molecule has 0 atom stereocenters. The van der Waals surface area contributed by atoms with E-state index in [1.165, 1.54) is 6.07 Å². The monoisotopic (exact) mass is 364 g/mol. The smallest absolute Gasteiger partial charge is 0.271 e. The van der Waals surface area contributed by atoms with E-state index in [1.54, 1.807) is 10.3 Å². The van der Waals surface area contributed by atoms with E-state index in [0.717, 1.165) is 48.4 Å². The summed E-state index contributed by atoms with van der Waals surface area (Å²) < 4.78 is 28.1. The van der Waals surface area contributed by atoms with Crippen LogP contribution in [0.1, 0.15) is 34.3 Å². The normalized spacial score (nSPS) is 14.8. The topological polar surface area (TPSA) is 66.5 Å². The summed E-state index contributed by atoms with van der Waals surface area (Å²) in [4.78, 5) is 14.1. The number of thiophene rings is 1. The van der Waals surface area contributed by atoms with Gasteiger partial charge in [-0.2, -0.15) is 0 Å². The van der Waals surface area contributed by atoms with Crippen LogP contribution in [0.2, 0.25) is 0 Å². The third-order valence-electron chi connectivity index (χ3n) is 4.20. The Hall–Kier alpha value is -1.86. The molecule has 0 radical (unpaired) electrons. The minimum absolute atomic E-state index is 0.0859. The Morgan fingerprint density at radius 3 is 2.42 bits per heavy atom. The molecule has 3 rings (SSSR count). The fourth-order valence-electron chi connectivity index (χ4n) is 2.83. The summed E-state index contributed by atoms with van der Waals surface area (Å²) in [5.41, 5.74) is 2.77. The van der Waals surface area contributed by atoms with E-state index >= 15 is 0 Å². The molecule has 1 aromatic heterocycles. The van der Waals surface area contributed by atoms with Gasteiger partial charge in [-0.05, 0) is 43.9 Å². The highest BCUT2D eigenvalue weighted by Gasteiger charge is 2.24. The number of para-hydroxylation sites is 1. The standard InChI is InChI=1S/C17H20N2O3S2/c1-12-6-5-7-13(2)16(12)18-24(21,22)15-10-14(11-23-15)17(20)19-8-3-4-9-19/h5-7,10-11,18H,3-4,8-9H2,1-2H3. The number of anilines is 1. The number of hydrogen-bond acceptors (Lipinski definition) is 4. The lowest BCUT2D eigenvalue weighted by Crippen LogP contribution is -2.27. The number of carbonyl (C=O) groups is 1. The summed E-state index contributed by atoms with van der Waals surface area (Å²) >= 11 is 1.08. The van der Waals surface area contributed by atoms with Gasteiger partial charge in [-0.25, -0.2) is 8.42 Å². The number of nitrogens with zero attached hydrogens (tertiary/aromatic N) is 1. The largest absolute Gasteiger partial charge is 0.339 e. The molecule has 0 unspecified atom stereocenters. The van der Waals surface area contributed by atoms with Gasteiger partial charge < -0.3 is 4.90 Å². The van der Waals surface area contributed by atoms with E-state index in [0.29, 0.717) is 11.3 Å². The average Bonchev–Trinajstić information content (AvgIpc) is 3.21. The van der Waals surface area contributed by atoms with E-state index in [9.17, 15) is 13.2 Å². The van der Waals surface area contributed by atoms with Gasteiger partial charge in [0.15, 0.2) is 0 Å². The molecular formula is C17H20N2O3S2. The lowest BCUT2D eigenvalue weighted by molar-refractivity contribution is 0.0793. The van der Waals surface area contributed by atoms with E-state index in [2.05, 4.69) is 4.72 Å². The van der Waals surface area contributed by atoms with Crippen molar-refractivity contribution in [2.75, 3.05) is 17.8 Å². The molecule has 0 bridgehead atoms. The van der Waals surface area contributed by atoms with Crippen molar-refractivity contribution >= 4 is 33.0 Å². The van der Waals surface area contributed by atoms with E-state index in [1.807, 2.05) is 32.0 Å². The number of aryl methyl sites for hydroxylation is 2. The first kappa shape index (κ1) is 17.0. The molecule has 1 N–H and O–H groups in total. The molecule has 1 aliphatic heterocycles. The number of nitrogens with one attached hydrogen (secondary N) is 1. The molecule has 1 saturated heterocycles. The van der Waals surface area contributed by atoms with E-state index in [4.69, 9.17) is 0 Å². The van der Waals surface area contributed by atoms with E-state index in [-0.39, 0.29) is 10.1 Å². The van der Waals surface area contributed by atoms with Crippen LogP contribution < -0.4 is 4.72 Å². The average molecular weight is 364 g/mol. The van der Waals surface area contributed by atoms with Gasteiger partial charge in [-0.1, -0.05) is 18.2 Å². The Kier molecular flexibility index (Phi) is 4.64. The van der Waals surface area contributed by atoms with Gasteiger partial charge in [-0.15, -0.1) is 11.3 Å².